The van der Waals surface area contributed by atoms with Gasteiger partial charge in [-0.05, 0) is 36.6 Å². The monoisotopic (exact) mass is 406 g/mol. The smallest absolute Gasteiger partial charge is 0.245 e. The molecule has 28 heavy (non-hydrogen) atoms. The van der Waals surface area contributed by atoms with E-state index < -0.39 is 9.84 Å². The van der Waals surface area contributed by atoms with Crippen LogP contribution in [0, 0.1) is 5.92 Å². The van der Waals surface area contributed by atoms with E-state index in [1.165, 1.54) is 12.3 Å². The Morgan fingerprint density at radius 2 is 1.75 bits per heavy atom. The number of carbonyl (C=O) groups is 2. The first kappa shape index (κ1) is 20.5. The molecule has 2 aliphatic heterocycles. The first-order chi connectivity index (χ1) is 13.3. The maximum atomic E-state index is 12.9. The van der Waals surface area contributed by atoms with E-state index in [4.69, 9.17) is 4.74 Å². The molecular formula is C20H26N2O5S. The minimum absolute atomic E-state index is 0.0831. The van der Waals surface area contributed by atoms with Gasteiger partial charge in [-0.2, -0.15) is 0 Å². The normalized spacial score (nSPS) is 21.4. The molecule has 2 heterocycles. The van der Waals surface area contributed by atoms with Gasteiger partial charge in [-0.25, -0.2) is 8.42 Å². The summed E-state index contributed by atoms with van der Waals surface area (Å²) in [4.78, 5) is 28.4. The summed E-state index contributed by atoms with van der Waals surface area (Å²) in [5, 5.41) is 0. The number of piperidine rings is 1. The van der Waals surface area contributed by atoms with Crippen LogP contribution in [0.15, 0.2) is 41.8 Å². The molecule has 0 aromatic heterocycles. The maximum absolute atomic E-state index is 12.9. The molecule has 0 bridgehead atoms. The van der Waals surface area contributed by atoms with Crippen molar-refractivity contribution in [2.45, 2.75) is 23.8 Å². The number of rotatable bonds is 4. The van der Waals surface area contributed by atoms with Gasteiger partial charge in [0, 0.05) is 31.8 Å². The van der Waals surface area contributed by atoms with Crippen molar-refractivity contribution in [1.82, 2.24) is 9.80 Å². The molecule has 0 spiro atoms. The van der Waals surface area contributed by atoms with E-state index in [0.717, 1.165) is 5.56 Å². The Balaban J connectivity index is 1.61. The molecule has 0 radical (unpaired) electrons. The van der Waals surface area contributed by atoms with E-state index in [0.29, 0.717) is 45.6 Å². The Bertz CT molecular complexity index is 842. The highest BCUT2D eigenvalue weighted by molar-refractivity contribution is 7.90. The van der Waals surface area contributed by atoms with Gasteiger partial charge in [0.05, 0.1) is 18.0 Å². The van der Waals surface area contributed by atoms with Crippen molar-refractivity contribution < 1.29 is 22.7 Å². The maximum Gasteiger partial charge on any atom is 0.245 e. The highest BCUT2D eigenvalue weighted by atomic mass is 32.2. The fourth-order valence-corrected chi connectivity index (χ4v) is 4.35. The predicted molar refractivity (Wildman–Crippen MR) is 104 cm³/mol. The quantitative estimate of drug-likeness (QED) is 0.706. The van der Waals surface area contributed by atoms with Crippen molar-refractivity contribution in [2.75, 3.05) is 39.0 Å². The van der Waals surface area contributed by atoms with Crippen LogP contribution in [-0.4, -0.2) is 69.1 Å². The van der Waals surface area contributed by atoms with Crippen LogP contribution < -0.4 is 0 Å². The summed E-state index contributed by atoms with van der Waals surface area (Å²) >= 11 is 0. The van der Waals surface area contributed by atoms with Gasteiger partial charge >= 0.3 is 0 Å². The lowest BCUT2D eigenvalue weighted by Crippen LogP contribution is -2.48. The van der Waals surface area contributed by atoms with Crippen LogP contribution in [0.5, 0.6) is 0 Å². The number of sulfone groups is 1. The van der Waals surface area contributed by atoms with Gasteiger partial charge in [0.15, 0.2) is 9.84 Å². The van der Waals surface area contributed by atoms with Crippen LogP contribution in [0.2, 0.25) is 0 Å². The number of benzene rings is 1. The molecule has 2 fully saturated rings. The van der Waals surface area contributed by atoms with Crippen LogP contribution in [-0.2, 0) is 24.2 Å². The van der Waals surface area contributed by atoms with Gasteiger partial charge in [-0.15, -0.1) is 0 Å². The highest BCUT2D eigenvalue weighted by Gasteiger charge is 2.32. The van der Waals surface area contributed by atoms with Gasteiger partial charge in [-0.1, -0.05) is 18.7 Å². The fourth-order valence-electron chi connectivity index (χ4n) is 3.71. The molecule has 1 atom stereocenters. The molecular weight excluding hydrogens is 380 g/mol. The Kier molecular flexibility index (Phi) is 6.20. The Hall–Kier alpha value is -2.19. The lowest BCUT2D eigenvalue weighted by atomic mass is 9.94. The number of carbonyl (C=O) groups excluding carboxylic acids is 2. The van der Waals surface area contributed by atoms with Crippen LogP contribution >= 0.6 is 0 Å². The molecule has 1 aromatic carbocycles. The largest absolute Gasteiger partial charge is 0.370 e. The van der Waals surface area contributed by atoms with E-state index in [1.54, 1.807) is 29.2 Å². The standard InChI is InChI=1S/C20H26N2O5S/c1-3-19(23)21-10-8-16(9-11-21)20(24)22-12-13-27-18(14-22)15-4-6-17(7-5-15)28(2,25)26/h3-7,16,18H,1,8-14H2,2H3. The minimum Gasteiger partial charge on any atom is -0.370 e. The summed E-state index contributed by atoms with van der Waals surface area (Å²) in [6, 6.07) is 6.63. The van der Waals surface area contributed by atoms with E-state index in [2.05, 4.69) is 6.58 Å². The predicted octanol–water partition coefficient (Wildman–Crippen LogP) is 1.41. The van der Waals surface area contributed by atoms with Crippen molar-refractivity contribution in [3.05, 3.63) is 42.5 Å². The van der Waals surface area contributed by atoms with Crippen molar-refractivity contribution in [2.24, 2.45) is 5.92 Å². The van der Waals surface area contributed by atoms with Crippen molar-refractivity contribution >= 4 is 21.7 Å². The van der Waals surface area contributed by atoms with Gasteiger partial charge in [0.2, 0.25) is 11.8 Å². The zero-order valence-corrected chi connectivity index (χ0v) is 16.9. The lowest BCUT2D eigenvalue weighted by molar-refractivity contribution is -0.146. The summed E-state index contributed by atoms with van der Waals surface area (Å²) in [6.45, 7) is 6.08. The molecule has 0 N–H and O–H groups in total. The highest BCUT2D eigenvalue weighted by Crippen LogP contribution is 2.27. The van der Waals surface area contributed by atoms with Crippen molar-refractivity contribution in [1.29, 1.82) is 0 Å². The molecule has 1 unspecified atom stereocenters. The topological polar surface area (TPSA) is 84.0 Å². The first-order valence-electron chi connectivity index (χ1n) is 9.41. The average molecular weight is 407 g/mol. The van der Waals surface area contributed by atoms with E-state index in [1.807, 2.05) is 4.90 Å². The second-order valence-corrected chi connectivity index (χ2v) is 9.30. The lowest BCUT2D eigenvalue weighted by Gasteiger charge is -2.37. The van der Waals surface area contributed by atoms with Gasteiger partial charge < -0.3 is 14.5 Å². The third kappa shape index (κ3) is 4.62. The molecule has 3 rings (SSSR count). The summed E-state index contributed by atoms with van der Waals surface area (Å²) in [7, 11) is -3.24. The zero-order valence-electron chi connectivity index (χ0n) is 16.0. The molecule has 152 valence electrons. The van der Waals surface area contributed by atoms with Crippen molar-refractivity contribution in [3.63, 3.8) is 0 Å². The number of ether oxygens (including phenoxy) is 1. The average Bonchev–Trinajstić information content (AvgIpc) is 2.72. The molecule has 2 aliphatic rings. The van der Waals surface area contributed by atoms with E-state index in [-0.39, 0.29) is 28.7 Å². The minimum atomic E-state index is -3.24. The zero-order chi connectivity index (χ0) is 20.3. The van der Waals surface area contributed by atoms with Gasteiger partial charge in [-0.3, -0.25) is 9.59 Å². The molecule has 0 aliphatic carbocycles. The number of hydrogen-bond donors (Lipinski definition) is 0. The van der Waals surface area contributed by atoms with Crippen LogP contribution in [0.1, 0.15) is 24.5 Å². The third-order valence-corrected chi connectivity index (χ3v) is 6.52. The number of morpholine rings is 1. The molecule has 1 aromatic rings. The van der Waals surface area contributed by atoms with Crippen LogP contribution in [0.3, 0.4) is 0 Å². The number of hydrogen-bond acceptors (Lipinski definition) is 5. The SMILES string of the molecule is C=CC(=O)N1CCC(C(=O)N2CCOC(c3ccc(S(C)(=O)=O)cc3)C2)CC1. The number of amides is 2. The first-order valence-corrected chi connectivity index (χ1v) is 11.3. The summed E-state index contributed by atoms with van der Waals surface area (Å²) in [5.74, 6) is -0.0677. The molecule has 7 nitrogen and oxygen atoms in total. The Morgan fingerprint density at radius 3 is 2.32 bits per heavy atom. The Labute approximate surface area is 165 Å². The molecule has 2 amide bonds. The Morgan fingerprint density at radius 1 is 1.11 bits per heavy atom. The number of nitrogens with zero attached hydrogens (tertiary/aromatic N) is 2. The second kappa shape index (κ2) is 8.45. The summed E-state index contributed by atoms with van der Waals surface area (Å²) in [6.07, 6.45) is 3.53. The molecule has 8 heteroatoms. The number of likely N-dealkylation sites (tertiary alicyclic amines) is 1. The van der Waals surface area contributed by atoms with Gasteiger partial charge in [0.1, 0.15) is 6.10 Å². The molecule has 0 saturated carbocycles. The van der Waals surface area contributed by atoms with Crippen molar-refractivity contribution in [3.8, 4) is 0 Å². The van der Waals surface area contributed by atoms with E-state index >= 15 is 0 Å². The van der Waals surface area contributed by atoms with Crippen LogP contribution in [0.4, 0.5) is 0 Å². The van der Waals surface area contributed by atoms with E-state index in [9.17, 15) is 18.0 Å². The second-order valence-electron chi connectivity index (χ2n) is 7.29. The summed E-state index contributed by atoms with van der Waals surface area (Å²) in [5.41, 5.74) is 0.858. The fraction of sp³-hybridized carbons (Fsp3) is 0.500. The van der Waals surface area contributed by atoms with Crippen LogP contribution in [0.25, 0.3) is 0 Å². The summed E-state index contributed by atoms with van der Waals surface area (Å²) < 4.78 is 29.0. The van der Waals surface area contributed by atoms with Gasteiger partial charge in [0.25, 0.3) is 0 Å². The molecule has 2 saturated heterocycles. The third-order valence-electron chi connectivity index (χ3n) is 5.39.